The molecule has 6 aromatic heterocycles. The summed E-state index contributed by atoms with van der Waals surface area (Å²) in [5.74, 6) is -0.963. The van der Waals surface area contributed by atoms with E-state index in [1.165, 1.54) is 124 Å². The van der Waals surface area contributed by atoms with Crippen LogP contribution in [-0.4, -0.2) is 76.6 Å². The summed E-state index contributed by atoms with van der Waals surface area (Å²) in [6, 6.07) is 48.5. The van der Waals surface area contributed by atoms with E-state index in [4.69, 9.17) is 25.9 Å². The maximum absolute atomic E-state index is 10.7. The second-order valence-corrected chi connectivity index (χ2v) is 18.8. The van der Waals surface area contributed by atoms with Crippen LogP contribution >= 0.6 is 24.4 Å². The van der Waals surface area contributed by atoms with Crippen LogP contribution in [0.1, 0.15) is 89.4 Å². The predicted molar refractivity (Wildman–Crippen MR) is 327 cm³/mol. The summed E-state index contributed by atoms with van der Waals surface area (Å²) in [7, 11) is 0. The van der Waals surface area contributed by atoms with Crippen LogP contribution in [0.15, 0.2) is 164 Å². The van der Waals surface area contributed by atoms with E-state index in [1.54, 1.807) is 18.3 Å². The number of fused-ring (bicyclic) bond motifs is 6. The molecule has 0 aliphatic carbocycles. The summed E-state index contributed by atoms with van der Waals surface area (Å²) in [4.78, 5) is 34.2. The van der Waals surface area contributed by atoms with E-state index in [1.807, 2.05) is 18.5 Å². The van der Waals surface area contributed by atoms with Gasteiger partial charge in [0.15, 0.2) is 0 Å². The molecular formula is C63H64N10O2RuS2. The summed E-state index contributed by atoms with van der Waals surface area (Å²) < 4.78 is 4.71. The first-order valence-electron chi connectivity index (χ1n) is 26.4. The minimum atomic E-state index is -0.963. The van der Waals surface area contributed by atoms with Crippen molar-refractivity contribution in [3.63, 3.8) is 0 Å². The van der Waals surface area contributed by atoms with E-state index in [2.05, 4.69) is 190 Å². The first-order chi connectivity index (χ1) is 37.7. The Bertz CT molecular complexity index is 3390. The number of carboxylic acids is 1. The Balaban J connectivity index is 0.000000376. The molecule has 0 saturated carbocycles. The fraction of sp³-hybridized carbons (Fsp3) is 0.254. The third-order valence-corrected chi connectivity index (χ3v) is 13.4. The van der Waals surface area contributed by atoms with E-state index in [0.717, 1.165) is 60.0 Å². The molecule has 0 atom stereocenters. The van der Waals surface area contributed by atoms with Crippen LogP contribution in [0.4, 0.5) is 11.4 Å². The summed E-state index contributed by atoms with van der Waals surface area (Å²) in [5, 5.41) is 30.5. The van der Waals surface area contributed by atoms with Gasteiger partial charge in [-0.2, -0.15) is 10.3 Å². The zero-order valence-corrected chi connectivity index (χ0v) is 47.9. The monoisotopic (exact) mass is 1160 g/mol. The molecule has 0 bridgehead atoms. The number of hydrogen-bond acceptors (Lipinski definition) is 9. The molecule has 4 aromatic carbocycles. The van der Waals surface area contributed by atoms with Crippen LogP contribution in [0.2, 0.25) is 0 Å². The second-order valence-electron chi connectivity index (χ2n) is 18.4. The third-order valence-electron chi connectivity index (χ3n) is 13.4. The molecule has 1 N–H and O–H groups in total. The van der Waals surface area contributed by atoms with Crippen LogP contribution < -0.4 is 9.80 Å². The third kappa shape index (κ3) is 14.5. The molecule has 0 aliphatic heterocycles. The number of para-hydroxylation sites is 2. The van der Waals surface area contributed by atoms with Gasteiger partial charge in [-0.05, 0) is 123 Å². The number of carbonyl (C=O) groups is 1. The Morgan fingerprint density at radius 1 is 0.487 bits per heavy atom. The van der Waals surface area contributed by atoms with E-state index in [-0.39, 0.29) is 25.0 Å². The molecule has 6 heterocycles. The Labute approximate surface area is 481 Å². The number of aromatic nitrogens is 6. The Hall–Kier alpha value is -7.63. The van der Waals surface area contributed by atoms with Crippen molar-refractivity contribution in [2.45, 2.75) is 79.1 Å². The summed E-state index contributed by atoms with van der Waals surface area (Å²) in [5.41, 5.74) is 12.6. The molecule has 15 heteroatoms. The first kappa shape index (κ1) is 59.6. The van der Waals surface area contributed by atoms with Gasteiger partial charge >= 0.3 is 25.4 Å². The number of unbranched alkanes of at least 4 members (excludes halogenated alkanes) is 4. The maximum Gasteiger partial charge on any atom is 2.00 e. The molecular weight excluding hydrogens is 1090 g/mol. The zero-order valence-electron chi connectivity index (χ0n) is 44.6. The van der Waals surface area contributed by atoms with Gasteiger partial charge in [-0.3, -0.25) is 19.9 Å². The van der Waals surface area contributed by atoms with E-state index < -0.39 is 5.97 Å². The molecule has 12 nitrogen and oxygen atoms in total. The molecule has 0 aliphatic rings. The first-order valence-corrected chi connectivity index (χ1v) is 27.2. The van der Waals surface area contributed by atoms with Gasteiger partial charge < -0.3 is 34.9 Å². The Morgan fingerprint density at radius 2 is 0.872 bits per heavy atom. The molecule has 0 saturated heterocycles. The van der Waals surface area contributed by atoms with Crippen LogP contribution in [-0.2, 0) is 19.5 Å². The Morgan fingerprint density at radius 3 is 1.26 bits per heavy atom. The van der Waals surface area contributed by atoms with Crippen molar-refractivity contribution >= 4 is 95.7 Å². The minimum Gasteiger partial charge on any atom is -0.753 e. The number of rotatable bonds is 19. The van der Waals surface area contributed by atoms with Crippen molar-refractivity contribution in [3.8, 4) is 34.2 Å². The molecule has 0 fully saturated rings. The number of benzene rings is 4. The van der Waals surface area contributed by atoms with Crippen molar-refractivity contribution in [2.24, 2.45) is 0 Å². The van der Waals surface area contributed by atoms with Gasteiger partial charge in [-0.25, -0.2) is 4.79 Å². The van der Waals surface area contributed by atoms with Crippen molar-refractivity contribution in [3.05, 3.63) is 181 Å². The van der Waals surface area contributed by atoms with Gasteiger partial charge in [0.1, 0.15) is 0 Å². The fourth-order valence-corrected chi connectivity index (χ4v) is 9.55. The van der Waals surface area contributed by atoms with Crippen LogP contribution in [0, 0.1) is 0 Å². The smallest absolute Gasteiger partial charge is 0.753 e. The largest absolute Gasteiger partial charge is 2.00 e. The van der Waals surface area contributed by atoms with Gasteiger partial charge in [0, 0.05) is 82.9 Å². The molecule has 0 radical (unpaired) electrons. The Kier molecular flexibility index (Phi) is 23.2. The van der Waals surface area contributed by atoms with E-state index in [9.17, 15) is 4.79 Å². The molecule has 0 spiro atoms. The molecule has 10 aromatic rings. The number of thiocarbonyl (C=S) groups is 2. The van der Waals surface area contributed by atoms with Gasteiger partial charge in [0.05, 0.1) is 62.8 Å². The van der Waals surface area contributed by atoms with Gasteiger partial charge in [0.25, 0.3) is 0 Å². The summed E-state index contributed by atoms with van der Waals surface area (Å²) in [6.07, 6.45) is 16.8. The van der Waals surface area contributed by atoms with Crippen molar-refractivity contribution < 1.29 is 29.4 Å². The second kappa shape index (κ2) is 30.3. The van der Waals surface area contributed by atoms with Gasteiger partial charge in [-0.15, -0.1) is 0 Å². The topological polar surface area (TPSA) is 150 Å². The SMILES string of the molecule is CCCCN(CCCC)c1ccc(-n2c3ccccc3c3cc(-c4cc5c6ccccc6n(-c6ccc(N(CCCC)CCCC)cc6)c5cn4)ncc32)cc1.O=C(O)c1ccnc(-c2ccccn2)c1.[N-]=C=S.[N-]=C=S.[Ru+2]. The maximum atomic E-state index is 10.7. The number of nitrogens with zero attached hydrogens (tertiary/aromatic N) is 10. The van der Waals surface area contributed by atoms with Crippen molar-refractivity contribution in [1.82, 2.24) is 29.1 Å². The standard InChI is InChI=1S/C50H56N6.C11H8N2O2.2CNS.Ru/c1-5-9-29-53(30-10-6-2)37-21-25-39(26-22-37)55-47-19-15-13-17-41(47)43-33-45(51-35-49(43)55)46-34-44-42-18-14-16-20-48(42)56(50(44)36-52-46)40-27-23-38(24-28-40)54(31-11-7-3)32-12-8-4;14-11(15)8-4-6-13-10(7-8)9-3-1-2-5-12-9;2*2-1-3;/h13-28,33-36H,5-12,29-32H2,1-4H3;1-7H,(H,14,15);;;/q;;2*-1;+2. The molecule has 10 rings (SSSR count). The average molecular weight is 1160 g/mol. The number of aromatic carboxylic acids is 1. The van der Waals surface area contributed by atoms with Crippen molar-refractivity contribution in [1.29, 1.82) is 0 Å². The predicted octanol–water partition coefficient (Wildman–Crippen LogP) is 16.3. The number of carboxylic acid groups (broad SMARTS) is 1. The zero-order chi connectivity index (χ0) is 54.5. The molecule has 78 heavy (non-hydrogen) atoms. The number of hydrogen-bond donors (Lipinski definition) is 1. The number of isothiocyanates is 2. The summed E-state index contributed by atoms with van der Waals surface area (Å²) >= 11 is 7.40. The average Bonchev–Trinajstić information content (AvgIpc) is 4.12. The number of pyridine rings is 4. The number of anilines is 2. The quantitative estimate of drug-likeness (QED) is 0.0471. The minimum absolute atomic E-state index is 0. The molecule has 0 amide bonds. The van der Waals surface area contributed by atoms with E-state index >= 15 is 0 Å². The van der Waals surface area contributed by atoms with E-state index in [0.29, 0.717) is 11.4 Å². The van der Waals surface area contributed by atoms with Gasteiger partial charge in [0.2, 0.25) is 0 Å². The normalized spacial score (nSPS) is 10.5. The fourth-order valence-electron chi connectivity index (χ4n) is 9.55. The van der Waals surface area contributed by atoms with Crippen molar-refractivity contribution in [2.75, 3.05) is 36.0 Å². The van der Waals surface area contributed by atoms with Crippen LogP contribution in [0.3, 0.4) is 0 Å². The summed E-state index contributed by atoms with van der Waals surface area (Å²) in [6.45, 7) is 13.5. The molecule has 398 valence electrons. The van der Waals surface area contributed by atoms with Crippen LogP contribution in [0.5, 0.6) is 0 Å². The van der Waals surface area contributed by atoms with Gasteiger partial charge in [-0.1, -0.05) is 120 Å². The molecule has 0 unspecified atom stereocenters. The van der Waals surface area contributed by atoms with Crippen LogP contribution in [0.25, 0.3) is 88.6 Å².